The maximum Gasteiger partial charge on any atom is 0.246 e. The smallest absolute Gasteiger partial charge is 0.246 e. The van der Waals surface area contributed by atoms with E-state index in [1.807, 2.05) is 41.6 Å². The normalized spacial score (nSPS) is 15.7. The van der Waals surface area contributed by atoms with E-state index in [1.165, 1.54) is 0 Å². The van der Waals surface area contributed by atoms with Gasteiger partial charge < -0.3 is 9.47 Å². The lowest BCUT2D eigenvalue weighted by molar-refractivity contribution is -0.127. The number of imidazole rings is 1. The van der Waals surface area contributed by atoms with Crippen molar-refractivity contribution in [3.8, 4) is 0 Å². The molecule has 0 N–H and O–H groups in total. The molecule has 26 heavy (non-hydrogen) atoms. The number of amides is 1. The quantitative estimate of drug-likeness (QED) is 0.732. The topological polar surface area (TPSA) is 41.4 Å². The minimum Gasteiger partial charge on any atom is -0.337 e. The number of carbonyl (C=O) groups excluding carboxylic acids is 1. The first-order chi connectivity index (χ1) is 12.7. The first-order valence-corrected chi connectivity index (χ1v) is 9.49. The van der Waals surface area contributed by atoms with E-state index in [2.05, 4.69) is 21.4 Å². The zero-order valence-corrected chi connectivity index (χ0v) is 15.9. The third-order valence-corrected chi connectivity index (χ3v) is 5.11. The Morgan fingerprint density at radius 3 is 2.69 bits per heavy atom. The lowest BCUT2D eigenvalue weighted by atomic mass is 10.2. The van der Waals surface area contributed by atoms with Gasteiger partial charge in [-0.25, -0.2) is 4.98 Å². The SMILES string of the molecule is CCc1nccn1CCN1CCN(C(=O)/C=C/c2ccccc2Cl)CC1. The van der Waals surface area contributed by atoms with E-state index < -0.39 is 0 Å². The van der Waals surface area contributed by atoms with Crippen LogP contribution in [0.25, 0.3) is 6.08 Å². The van der Waals surface area contributed by atoms with Crippen molar-refractivity contribution in [3.63, 3.8) is 0 Å². The van der Waals surface area contributed by atoms with Gasteiger partial charge in [-0.3, -0.25) is 9.69 Å². The molecule has 0 bridgehead atoms. The number of halogens is 1. The Bertz CT molecular complexity index is 763. The molecule has 3 rings (SSSR count). The summed E-state index contributed by atoms with van der Waals surface area (Å²) in [4.78, 5) is 21.0. The van der Waals surface area contributed by atoms with Crippen molar-refractivity contribution in [1.82, 2.24) is 19.4 Å². The predicted octanol–water partition coefficient (Wildman–Crippen LogP) is 2.96. The van der Waals surface area contributed by atoms with Crippen LogP contribution >= 0.6 is 11.6 Å². The molecule has 0 atom stereocenters. The van der Waals surface area contributed by atoms with Gasteiger partial charge in [0.2, 0.25) is 5.91 Å². The van der Waals surface area contributed by atoms with Crippen molar-refractivity contribution in [2.75, 3.05) is 32.7 Å². The molecule has 0 radical (unpaired) electrons. The molecule has 0 aliphatic carbocycles. The van der Waals surface area contributed by atoms with Crippen LogP contribution in [-0.4, -0.2) is 58.0 Å². The van der Waals surface area contributed by atoms with E-state index in [9.17, 15) is 4.79 Å². The Kier molecular flexibility index (Phi) is 6.47. The molecule has 0 unspecified atom stereocenters. The van der Waals surface area contributed by atoms with Crippen LogP contribution in [0.4, 0.5) is 0 Å². The minimum absolute atomic E-state index is 0.0486. The third-order valence-electron chi connectivity index (χ3n) is 4.77. The predicted molar refractivity (Wildman–Crippen MR) is 105 cm³/mol. The Labute approximate surface area is 159 Å². The molecular formula is C20H25ClN4O. The number of nitrogens with zero attached hydrogens (tertiary/aromatic N) is 4. The molecule has 138 valence electrons. The number of aryl methyl sites for hydroxylation is 1. The summed E-state index contributed by atoms with van der Waals surface area (Å²) in [5, 5.41) is 0.660. The number of benzene rings is 1. The molecule has 6 heteroatoms. The van der Waals surface area contributed by atoms with Crippen molar-refractivity contribution < 1.29 is 4.79 Å². The second-order valence-electron chi connectivity index (χ2n) is 6.41. The van der Waals surface area contributed by atoms with Crippen molar-refractivity contribution in [2.24, 2.45) is 0 Å². The highest BCUT2D eigenvalue weighted by Gasteiger charge is 2.19. The van der Waals surface area contributed by atoms with Crippen molar-refractivity contribution in [3.05, 3.63) is 59.1 Å². The van der Waals surface area contributed by atoms with Gasteiger partial charge in [0.15, 0.2) is 0 Å². The third kappa shape index (κ3) is 4.74. The molecule has 0 spiro atoms. The minimum atomic E-state index is 0.0486. The van der Waals surface area contributed by atoms with E-state index in [4.69, 9.17) is 11.6 Å². The van der Waals surface area contributed by atoms with Crippen LogP contribution in [0.15, 0.2) is 42.7 Å². The standard InChI is InChI=1S/C20H25ClN4O/c1-2-19-22-9-10-24(19)14-11-23-12-15-25(16-13-23)20(26)8-7-17-5-3-4-6-18(17)21/h3-10H,2,11-16H2,1H3/b8-7+. The van der Waals surface area contributed by atoms with Gasteiger partial charge in [0.05, 0.1) is 0 Å². The number of carbonyl (C=O) groups is 1. The van der Waals surface area contributed by atoms with E-state index in [-0.39, 0.29) is 5.91 Å². The summed E-state index contributed by atoms with van der Waals surface area (Å²) in [7, 11) is 0. The molecule has 1 aromatic heterocycles. The lowest BCUT2D eigenvalue weighted by Crippen LogP contribution is -2.48. The maximum atomic E-state index is 12.4. The fourth-order valence-corrected chi connectivity index (χ4v) is 3.37. The van der Waals surface area contributed by atoms with E-state index in [0.29, 0.717) is 5.02 Å². The number of hydrogen-bond acceptors (Lipinski definition) is 3. The van der Waals surface area contributed by atoms with E-state index >= 15 is 0 Å². The Balaban J connectivity index is 1.46. The molecular weight excluding hydrogens is 348 g/mol. The molecule has 5 nitrogen and oxygen atoms in total. The maximum absolute atomic E-state index is 12.4. The highest BCUT2D eigenvalue weighted by Crippen LogP contribution is 2.16. The number of piperazine rings is 1. The highest BCUT2D eigenvalue weighted by molar-refractivity contribution is 6.32. The average molecular weight is 373 g/mol. The molecule has 1 aliphatic heterocycles. The number of hydrogen-bond donors (Lipinski definition) is 0. The van der Waals surface area contributed by atoms with Gasteiger partial charge >= 0.3 is 0 Å². The molecule has 2 aromatic rings. The van der Waals surface area contributed by atoms with Crippen LogP contribution in [0.3, 0.4) is 0 Å². The zero-order chi connectivity index (χ0) is 18.4. The van der Waals surface area contributed by atoms with E-state index in [0.717, 1.165) is 57.1 Å². The fourth-order valence-electron chi connectivity index (χ4n) is 3.18. The second-order valence-corrected chi connectivity index (χ2v) is 6.82. The van der Waals surface area contributed by atoms with Gasteiger partial charge in [-0.2, -0.15) is 0 Å². The molecule has 1 aromatic carbocycles. The van der Waals surface area contributed by atoms with Crippen LogP contribution in [0.2, 0.25) is 5.02 Å². The van der Waals surface area contributed by atoms with Crippen molar-refractivity contribution in [1.29, 1.82) is 0 Å². The molecule has 1 saturated heterocycles. The van der Waals surface area contributed by atoms with Gasteiger partial charge in [-0.05, 0) is 17.7 Å². The molecule has 1 aliphatic rings. The molecule has 1 amide bonds. The number of aromatic nitrogens is 2. The average Bonchev–Trinajstić information content (AvgIpc) is 3.13. The summed E-state index contributed by atoms with van der Waals surface area (Å²) >= 11 is 6.12. The van der Waals surface area contributed by atoms with Crippen LogP contribution in [-0.2, 0) is 17.8 Å². The van der Waals surface area contributed by atoms with Crippen LogP contribution in [0, 0.1) is 0 Å². The first kappa shape index (κ1) is 18.7. The van der Waals surface area contributed by atoms with Gasteiger partial charge in [0, 0.05) is 69.2 Å². The Morgan fingerprint density at radius 2 is 1.96 bits per heavy atom. The van der Waals surface area contributed by atoms with Gasteiger partial charge in [0.25, 0.3) is 0 Å². The van der Waals surface area contributed by atoms with E-state index in [1.54, 1.807) is 12.2 Å². The summed E-state index contributed by atoms with van der Waals surface area (Å²) in [6.07, 6.45) is 8.27. The first-order valence-electron chi connectivity index (χ1n) is 9.11. The molecule has 1 fully saturated rings. The van der Waals surface area contributed by atoms with Gasteiger partial charge in [-0.1, -0.05) is 36.7 Å². The summed E-state index contributed by atoms with van der Waals surface area (Å²) < 4.78 is 2.21. The van der Waals surface area contributed by atoms with Crippen molar-refractivity contribution in [2.45, 2.75) is 19.9 Å². The monoisotopic (exact) mass is 372 g/mol. The lowest BCUT2D eigenvalue weighted by Gasteiger charge is -2.34. The summed E-state index contributed by atoms with van der Waals surface area (Å²) in [5.41, 5.74) is 0.869. The van der Waals surface area contributed by atoms with Crippen molar-refractivity contribution >= 4 is 23.6 Å². The Hall–Kier alpha value is -2.11. The van der Waals surface area contributed by atoms with Crippen LogP contribution in [0.5, 0.6) is 0 Å². The Morgan fingerprint density at radius 1 is 1.19 bits per heavy atom. The van der Waals surface area contributed by atoms with Crippen LogP contribution < -0.4 is 0 Å². The van der Waals surface area contributed by atoms with Crippen LogP contribution in [0.1, 0.15) is 18.3 Å². The van der Waals surface area contributed by atoms with Gasteiger partial charge in [-0.15, -0.1) is 0 Å². The summed E-state index contributed by atoms with van der Waals surface area (Å²) in [6.45, 7) is 7.39. The van der Waals surface area contributed by atoms with Gasteiger partial charge in [0.1, 0.15) is 5.82 Å². The summed E-state index contributed by atoms with van der Waals surface area (Å²) in [5.74, 6) is 1.18. The molecule has 2 heterocycles. The highest BCUT2D eigenvalue weighted by atomic mass is 35.5. The molecule has 0 saturated carbocycles. The largest absolute Gasteiger partial charge is 0.337 e. The fraction of sp³-hybridized carbons (Fsp3) is 0.400. The summed E-state index contributed by atoms with van der Waals surface area (Å²) in [6, 6.07) is 7.53. The second kappa shape index (κ2) is 9.01. The zero-order valence-electron chi connectivity index (χ0n) is 15.1. The number of rotatable bonds is 6.